The van der Waals surface area contributed by atoms with E-state index in [1.165, 1.54) is 0 Å². The first-order chi connectivity index (χ1) is 14.0. The number of fused-ring (bicyclic) bond motifs is 2. The van der Waals surface area contributed by atoms with E-state index in [-0.39, 0.29) is 11.9 Å². The summed E-state index contributed by atoms with van der Waals surface area (Å²) >= 11 is 0. The highest BCUT2D eigenvalue weighted by molar-refractivity contribution is 5.97. The van der Waals surface area contributed by atoms with Crippen LogP contribution in [0.25, 0.3) is 22.5 Å². The fraction of sp³-hybridized carbons (Fsp3) is 0.273. The molecule has 4 aromatic rings. The predicted octanol–water partition coefficient (Wildman–Crippen LogP) is 3.69. The molecular weight excluding hydrogens is 366 g/mol. The van der Waals surface area contributed by atoms with Crippen molar-refractivity contribution in [2.24, 2.45) is 7.05 Å². The second-order valence-electron chi connectivity index (χ2n) is 7.43. The third kappa shape index (κ3) is 2.81. The van der Waals surface area contributed by atoms with Gasteiger partial charge < -0.3 is 9.32 Å². The molecule has 0 saturated heterocycles. The van der Waals surface area contributed by atoms with E-state index >= 15 is 0 Å². The maximum atomic E-state index is 13.3. The molecule has 0 saturated carbocycles. The van der Waals surface area contributed by atoms with Crippen molar-refractivity contribution in [2.45, 2.75) is 26.3 Å². The van der Waals surface area contributed by atoms with Crippen LogP contribution in [-0.4, -0.2) is 37.1 Å². The molecule has 0 spiro atoms. The highest BCUT2D eigenvalue weighted by Crippen LogP contribution is 2.36. The third-order valence-electron chi connectivity index (χ3n) is 5.59. The molecule has 1 aliphatic heterocycles. The summed E-state index contributed by atoms with van der Waals surface area (Å²) in [6, 6.07) is 9.28. The lowest BCUT2D eigenvalue weighted by molar-refractivity contribution is 0.0674. The van der Waals surface area contributed by atoms with Gasteiger partial charge in [0, 0.05) is 37.1 Å². The number of amides is 1. The Morgan fingerprint density at radius 3 is 2.69 bits per heavy atom. The molecule has 1 aliphatic rings. The molecule has 1 aromatic carbocycles. The lowest BCUT2D eigenvalue weighted by Gasteiger charge is -2.33. The zero-order valence-electron chi connectivity index (χ0n) is 16.6. The van der Waals surface area contributed by atoms with Crippen LogP contribution in [0.1, 0.15) is 40.3 Å². The smallest absolute Gasteiger partial charge is 0.254 e. The summed E-state index contributed by atoms with van der Waals surface area (Å²) in [7, 11) is 1.92. The Morgan fingerprint density at radius 1 is 1.14 bits per heavy atom. The Balaban J connectivity index is 1.49. The zero-order valence-corrected chi connectivity index (χ0v) is 16.6. The van der Waals surface area contributed by atoms with Crippen molar-refractivity contribution in [1.29, 1.82) is 0 Å². The van der Waals surface area contributed by atoms with Gasteiger partial charge in [-0.2, -0.15) is 5.10 Å². The van der Waals surface area contributed by atoms with Gasteiger partial charge in [0.15, 0.2) is 5.76 Å². The maximum Gasteiger partial charge on any atom is 0.254 e. The van der Waals surface area contributed by atoms with E-state index in [4.69, 9.17) is 9.52 Å². The van der Waals surface area contributed by atoms with Crippen LogP contribution in [0.2, 0.25) is 0 Å². The maximum absolute atomic E-state index is 13.3. The minimum absolute atomic E-state index is 0.0169. The number of benzene rings is 1. The fourth-order valence-corrected chi connectivity index (χ4v) is 4.15. The number of carbonyl (C=O) groups excluding carboxylic acids is 1. The summed E-state index contributed by atoms with van der Waals surface area (Å²) in [5.74, 6) is 1.67. The molecule has 4 heterocycles. The molecule has 1 atom stereocenters. The van der Waals surface area contributed by atoms with E-state index < -0.39 is 0 Å². The van der Waals surface area contributed by atoms with Gasteiger partial charge in [-0.1, -0.05) is 0 Å². The summed E-state index contributed by atoms with van der Waals surface area (Å²) in [5, 5.41) is 4.73. The van der Waals surface area contributed by atoms with Crippen LogP contribution in [0.5, 0.6) is 0 Å². The SMILES string of the molecule is Cc1ccc(-c2c3c(nn2C)[C@H](C)N(C(=O)c2ccc4nccnc4c2)CC3)o1. The van der Waals surface area contributed by atoms with Crippen LogP contribution in [0, 0.1) is 6.92 Å². The summed E-state index contributed by atoms with van der Waals surface area (Å²) in [5.41, 5.74) is 5.19. The Labute approximate surface area is 168 Å². The Kier molecular flexibility index (Phi) is 3.97. The molecule has 0 aliphatic carbocycles. The Morgan fingerprint density at radius 2 is 1.93 bits per heavy atom. The number of hydrogen-bond donors (Lipinski definition) is 0. The largest absolute Gasteiger partial charge is 0.460 e. The minimum Gasteiger partial charge on any atom is -0.460 e. The van der Waals surface area contributed by atoms with Crippen molar-refractivity contribution in [3.05, 3.63) is 65.3 Å². The number of rotatable bonds is 2. The Hall–Kier alpha value is -3.48. The van der Waals surface area contributed by atoms with Gasteiger partial charge in [0.1, 0.15) is 11.5 Å². The van der Waals surface area contributed by atoms with Crippen molar-refractivity contribution in [2.75, 3.05) is 6.54 Å². The molecule has 146 valence electrons. The molecule has 7 nitrogen and oxygen atoms in total. The normalized spacial score (nSPS) is 16.2. The highest BCUT2D eigenvalue weighted by Gasteiger charge is 2.34. The van der Waals surface area contributed by atoms with Crippen LogP contribution in [0.4, 0.5) is 0 Å². The third-order valence-corrected chi connectivity index (χ3v) is 5.59. The van der Waals surface area contributed by atoms with Crippen LogP contribution >= 0.6 is 0 Å². The highest BCUT2D eigenvalue weighted by atomic mass is 16.3. The molecular formula is C22H21N5O2. The molecule has 0 bridgehead atoms. The number of nitrogens with zero attached hydrogens (tertiary/aromatic N) is 5. The van der Waals surface area contributed by atoms with E-state index in [1.807, 2.05) is 60.8 Å². The van der Waals surface area contributed by atoms with Crippen molar-refractivity contribution in [1.82, 2.24) is 24.6 Å². The van der Waals surface area contributed by atoms with E-state index in [0.29, 0.717) is 12.1 Å². The standard InChI is InChI=1S/C22H21N5O2/c1-13-4-7-19(29-13)21-16-8-11-27(14(2)20(16)25-26(21)3)22(28)15-5-6-17-18(12-15)24-10-9-23-17/h4-7,9-10,12,14H,8,11H2,1-3H3/t14-/m0/s1. The first kappa shape index (κ1) is 17.6. The average molecular weight is 387 g/mol. The zero-order chi connectivity index (χ0) is 20.1. The van der Waals surface area contributed by atoms with Gasteiger partial charge >= 0.3 is 0 Å². The predicted molar refractivity (Wildman–Crippen MR) is 108 cm³/mol. The average Bonchev–Trinajstić information content (AvgIpc) is 3.30. The molecule has 3 aromatic heterocycles. The van der Waals surface area contributed by atoms with Gasteiger partial charge in [-0.3, -0.25) is 19.4 Å². The number of aryl methyl sites for hydroxylation is 2. The lowest BCUT2D eigenvalue weighted by atomic mass is 9.97. The van der Waals surface area contributed by atoms with Gasteiger partial charge in [-0.25, -0.2) is 0 Å². The van der Waals surface area contributed by atoms with Crippen LogP contribution in [-0.2, 0) is 13.5 Å². The van der Waals surface area contributed by atoms with E-state index in [0.717, 1.165) is 45.9 Å². The van der Waals surface area contributed by atoms with Crippen molar-refractivity contribution in [3.63, 3.8) is 0 Å². The molecule has 29 heavy (non-hydrogen) atoms. The topological polar surface area (TPSA) is 77.1 Å². The molecule has 1 amide bonds. The molecule has 0 fully saturated rings. The first-order valence-corrected chi connectivity index (χ1v) is 9.67. The number of hydrogen-bond acceptors (Lipinski definition) is 5. The van der Waals surface area contributed by atoms with Crippen molar-refractivity contribution >= 4 is 16.9 Å². The van der Waals surface area contributed by atoms with Crippen LogP contribution in [0.15, 0.2) is 47.1 Å². The number of aromatic nitrogens is 4. The van der Waals surface area contributed by atoms with Crippen LogP contribution in [0.3, 0.4) is 0 Å². The minimum atomic E-state index is -0.125. The number of carbonyl (C=O) groups is 1. The summed E-state index contributed by atoms with van der Waals surface area (Å²) in [6.07, 6.45) is 4.02. The van der Waals surface area contributed by atoms with E-state index in [9.17, 15) is 4.79 Å². The van der Waals surface area contributed by atoms with Crippen LogP contribution < -0.4 is 0 Å². The molecule has 7 heteroatoms. The lowest BCUT2D eigenvalue weighted by Crippen LogP contribution is -2.38. The fourth-order valence-electron chi connectivity index (χ4n) is 4.15. The van der Waals surface area contributed by atoms with Gasteiger partial charge in [-0.15, -0.1) is 0 Å². The van der Waals surface area contributed by atoms with Crippen molar-refractivity contribution < 1.29 is 9.21 Å². The quantitative estimate of drug-likeness (QED) is 0.524. The van der Waals surface area contributed by atoms with Gasteiger partial charge in [0.05, 0.1) is 22.8 Å². The van der Waals surface area contributed by atoms with E-state index in [1.54, 1.807) is 12.4 Å². The summed E-state index contributed by atoms with van der Waals surface area (Å²) < 4.78 is 7.70. The summed E-state index contributed by atoms with van der Waals surface area (Å²) in [6.45, 7) is 4.59. The number of furan rings is 1. The van der Waals surface area contributed by atoms with Gasteiger partial charge in [0.25, 0.3) is 5.91 Å². The van der Waals surface area contributed by atoms with Gasteiger partial charge in [-0.05, 0) is 50.6 Å². The summed E-state index contributed by atoms with van der Waals surface area (Å²) in [4.78, 5) is 23.7. The molecule has 0 radical (unpaired) electrons. The molecule has 0 unspecified atom stereocenters. The Bertz CT molecular complexity index is 1240. The van der Waals surface area contributed by atoms with Crippen molar-refractivity contribution in [3.8, 4) is 11.5 Å². The first-order valence-electron chi connectivity index (χ1n) is 9.67. The van der Waals surface area contributed by atoms with Gasteiger partial charge in [0.2, 0.25) is 0 Å². The molecule has 5 rings (SSSR count). The second kappa shape index (κ2) is 6.55. The monoisotopic (exact) mass is 387 g/mol. The molecule has 0 N–H and O–H groups in total. The second-order valence-corrected chi connectivity index (χ2v) is 7.43. The van der Waals surface area contributed by atoms with E-state index in [2.05, 4.69) is 9.97 Å².